The lowest BCUT2D eigenvalue weighted by Gasteiger charge is -2.10. The third-order valence-electron chi connectivity index (χ3n) is 2.06. The Balaban J connectivity index is 2.72. The number of thiophene rings is 1. The molecule has 0 aliphatic carbocycles. The van der Waals surface area contributed by atoms with Crippen LogP contribution in [0.5, 0.6) is 0 Å². The first kappa shape index (κ1) is 16.1. The van der Waals surface area contributed by atoms with Crippen LogP contribution in [0.25, 0.3) is 0 Å². The lowest BCUT2D eigenvalue weighted by atomic mass is 10.1. The van der Waals surface area contributed by atoms with Crippen molar-refractivity contribution >= 4 is 59.2 Å². The molecule has 5 nitrogen and oxygen atoms in total. The fourth-order valence-corrected chi connectivity index (χ4v) is 6.18. The summed E-state index contributed by atoms with van der Waals surface area (Å²) in [6.07, 6.45) is -0.0724. The first-order valence-corrected chi connectivity index (χ1v) is 8.77. The second-order valence-corrected chi connectivity index (χ2v) is 9.23. The molecule has 2 N–H and O–H groups in total. The molecule has 1 unspecified atom stereocenters. The SMILES string of the molecule is CC(CNS(=O)(=O)c1cc(Br)sc1Br)CC(=O)O. The van der Waals surface area contributed by atoms with Gasteiger partial charge in [-0.15, -0.1) is 11.3 Å². The molecule has 1 atom stereocenters. The van der Waals surface area contributed by atoms with E-state index in [2.05, 4.69) is 36.6 Å². The van der Waals surface area contributed by atoms with E-state index in [0.717, 1.165) is 0 Å². The standard InChI is InChI=1S/C9H11Br2NO4S2/c1-5(2-8(13)14)4-12-18(15,16)6-3-7(10)17-9(6)11/h3,5,12H,2,4H2,1H3,(H,13,14). The van der Waals surface area contributed by atoms with Gasteiger partial charge in [0, 0.05) is 13.0 Å². The highest BCUT2D eigenvalue weighted by Crippen LogP contribution is 2.34. The number of hydrogen-bond acceptors (Lipinski definition) is 4. The monoisotopic (exact) mass is 419 g/mol. The molecule has 18 heavy (non-hydrogen) atoms. The topological polar surface area (TPSA) is 83.5 Å². The zero-order chi connectivity index (χ0) is 13.9. The highest BCUT2D eigenvalue weighted by molar-refractivity contribution is 9.12. The number of carboxylic acid groups (broad SMARTS) is 1. The molecule has 0 bridgehead atoms. The highest BCUT2D eigenvalue weighted by Gasteiger charge is 2.21. The maximum Gasteiger partial charge on any atom is 0.303 e. The second kappa shape index (κ2) is 6.47. The molecular formula is C9H11Br2NO4S2. The van der Waals surface area contributed by atoms with Crippen LogP contribution in [0.15, 0.2) is 18.5 Å². The average molecular weight is 421 g/mol. The smallest absolute Gasteiger partial charge is 0.303 e. The normalized spacial score (nSPS) is 13.5. The number of halogens is 2. The van der Waals surface area contributed by atoms with E-state index in [1.54, 1.807) is 6.92 Å². The molecule has 0 aromatic carbocycles. The summed E-state index contributed by atoms with van der Waals surface area (Å²) in [7, 11) is -3.61. The molecule has 0 aliphatic rings. The minimum atomic E-state index is -3.61. The van der Waals surface area contributed by atoms with Crippen LogP contribution < -0.4 is 4.72 Å². The van der Waals surface area contributed by atoms with E-state index < -0.39 is 16.0 Å². The van der Waals surface area contributed by atoms with Gasteiger partial charge in [-0.2, -0.15) is 0 Å². The summed E-state index contributed by atoms with van der Waals surface area (Å²) in [5.41, 5.74) is 0. The number of hydrogen-bond donors (Lipinski definition) is 2. The van der Waals surface area contributed by atoms with Crippen molar-refractivity contribution in [2.45, 2.75) is 18.2 Å². The summed E-state index contributed by atoms with van der Waals surface area (Å²) in [4.78, 5) is 10.6. The molecule has 1 rings (SSSR count). The maximum absolute atomic E-state index is 12.0. The van der Waals surface area contributed by atoms with Gasteiger partial charge in [-0.3, -0.25) is 4.79 Å². The number of sulfonamides is 1. The lowest BCUT2D eigenvalue weighted by molar-refractivity contribution is -0.137. The van der Waals surface area contributed by atoms with Crippen LogP contribution >= 0.6 is 43.2 Å². The third kappa shape index (κ3) is 4.61. The van der Waals surface area contributed by atoms with Gasteiger partial charge in [-0.05, 0) is 43.8 Å². The molecule has 1 aromatic rings. The second-order valence-electron chi connectivity index (χ2n) is 3.74. The van der Waals surface area contributed by atoms with Crippen molar-refractivity contribution < 1.29 is 18.3 Å². The van der Waals surface area contributed by atoms with Crippen molar-refractivity contribution in [1.82, 2.24) is 4.72 Å². The number of carbonyl (C=O) groups is 1. The third-order valence-corrected chi connectivity index (χ3v) is 6.24. The molecule has 0 spiro atoms. The van der Waals surface area contributed by atoms with Crippen LogP contribution in [-0.2, 0) is 14.8 Å². The minimum absolute atomic E-state index is 0.0724. The lowest BCUT2D eigenvalue weighted by Crippen LogP contribution is -2.29. The Bertz CT molecular complexity index is 541. The van der Waals surface area contributed by atoms with Gasteiger partial charge in [-0.1, -0.05) is 6.92 Å². The molecule has 0 saturated carbocycles. The summed E-state index contributed by atoms with van der Waals surface area (Å²) in [5, 5.41) is 8.59. The van der Waals surface area contributed by atoms with Crippen molar-refractivity contribution in [1.29, 1.82) is 0 Å². The van der Waals surface area contributed by atoms with Crippen molar-refractivity contribution in [3.8, 4) is 0 Å². The largest absolute Gasteiger partial charge is 0.481 e. The van der Waals surface area contributed by atoms with Gasteiger partial charge in [0.25, 0.3) is 0 Å². The summed E-state index contributed by atoms with van der Waals surface area (Å²) in [5.74, 6) is -1.21. The summed E-state index contributed by atoms with van der Waals surface area (Å²) in [6.45, 7) is 1.77. The molecule has 0 radical (unpaired) electrons. The number of rotatable bonds is 6. The van der Waals surface area contributed by atoms with Crippen molar-refractivity contribution in [3.05, 3.63) is 13.6 Å². The molecular weight excluding hydrogens is 410 g/mol. The molecule has 1 aromatic heterocycles. The van der Waals surface area contributed by atoms with E-state index in [9.17, 15) is 13.2 Å². The first-order chi connectivity index (χ1) is 8.22. The quantitative estimate of drug-likeness (QED) is 0.740. The fraction of sp³-hybridized carbons (Fsp3) is 0.444. The van der Waals surface area contributed by atoms with E-state index in [1.165, 1.54) is 17.4 Å². The highest BCUT2D eigenvalue weighted by atomic mass is 79.9. The van der Waals surface area contributed by atoms with Crippen molar-refractivity contribution in [2.75, 3.05) is 6.54 Å². The zero-order valence-corrected chi connectivity index (χ0v) is 14.1. The van der Waals surface area contributed by atoms with Crippen LogP contribution in [0, 0.1) is 5.92 Å². The maximum atomic E-state index is 12.0. The van der Waals surface area contributed by atoms with Crippen LogP contribution in [0.1, 0.15) is 13.3 Å². The zero-order valence-electron chi connectivity index (χ0n) is 9.31. The van der Waals surface area contributed by atoms with E-state index in [-0.39, 0.29) is 23.8 Å². The summed E-state index contributed by atoms with van der Waals surface area (Å²) < 4.78 is 27.5. The van der Waals surface area contributed by atoms with Gasteiger partial charge in [0.05, 0.1) is 7.57 Å². The number of carboxylic acids is 1. The van der Waals surface area contributed by atoms with Gasteiger partial charge >= 0.3 is 5.97 Å². The summed E-state index contributed by atoms with van der Waals surface area (Å²) >= 11 is 7.64. The van der Waals surface area contributed by atoms with Crippen LogP contribution in [-0.4, -0.2) is 26.0 Å². The van der Waals surface area contributed by atoms with E-state index in [1.807, 2.05) is 0 Å². The van der Waals surface area contributed by atoms with E-state index in [4.69, 9.17) is 5.11 Å². The predicted octanol–water partition coefficient (Wildman–Crippen LogP) is 2.66. The van der Waals surface area contributed by atoms with Crippen LogP contribution in [0.2, 0.25) is 0 Å². The summed E-state index contributed by atoms with van der Waals surface area (Å²) in [6, 6.07) is 1.50. The van der Waals surface area contributed by atoms with Gasteiger partial charge in [0.15, 0.2) is 0 Å². The molecule has 0 fully saturated rings. The molecule has 0 saturated heterocycles. The molecule has 0 aliphatic heterocycles. The van der Waals surface area contributed by atoms with Crippen LogP contribution in [0.4, 0.5) is 0 Å². The van der Waals surface area contributed by atoms with Crippen molar-refractivity contribution in [2.24, 2.45) is 5.92 Å². The molecule has 102 valence electrons. The average Bonchev–Trinajstić information content (AvgIpc) is 2.55. The Labute approximate surface area is 126 Å². The van der Waals surface area contributed by atoms with E-state index >= 15 is 0 Å². The predicted molar refractivity (Wildman–Crippen MR) is 76.3 cm³/mol. The minimum Gasteiger partial charge on any atom is -0.481 e. The van der Waals surface area contributed by atoms with E-state index in [0.29, 0.717) is 7.57 Å². The molecule has 9 heteroatoms. The van der Waals surface area contributed by atoms with Gasteiger partial charge in [-0.25, -0.2) is 13.1 Å². The Morgan fingerprint density at radius 3 is 2.61 bits per heavy atom. The first-order valence-electron chi connectivity index (χ1n) is 4.88. The van der Waals surface area contributed by atoms with Crippen LogP contribution in [0.3, 0.4) is 0 Å². The number of nitrogens with one attached hydrogen (secondary N) is 1. The number of aliphatic carboxylic acids is 1. The Morgan fingerprint density at radius 1 is 1.56 bits per heavy atom. The van der Waals surface area contributed by atoms with Gasteiger partial charge in [0.1, 0.15) is 4.90 Å². The fourth-order valence-electron chi connectivity index (χ4n) is 1.21. The Hall–Kier alpha value is 0.0400. The van der Waals surface area contributed by atoms with Gasteiger partial charge in [0.2, 0.25) is 10.0 Å². The molecule has 1 heterocycles. The Kier molecular flexibility index (Phi) is 5.78. The Morgan fingerprint density at radius 2 is 2.17 bits per heavy atom. The van der Waals surface area contributed by atoms with Gasteiger partial charge < -0.3 is 5.11 Å². The van der Waals surface area contributed by atoms with Crippen molar-refractivity contribution in [3.63, 3.8) is 0 Å². The molecule has 0 amide bonds.